The van der Waals surface area contributed by atoms with Crippen molar-refractivity contribution in [2.75, 3.05) is 9.80 Å². The van der Waals surface area contributed by atoms with E-state index in [9.17, 15) is 0 Å². The van der Waals surface area contributed by atoms with Gasteiger partial charge in [-0.15, -0.1) is 0 Å². The lowest BCUT2D eigenvalue weighted by Crippen LogP contribution is -2.61. The summed E-state index contributed by atoms with van der Waals surface area (Å²) in [7, 11) is 0. The summed E-state index contributed by atoms with van der Waals surface area (Å²) >= 11 is 0. The van der Waals surface area contributed by atoms with E-state index in [1.807, 2.05) is 0 Å². The van der Waals surface area contributed by atoms with E-state index in [4.69, 9.17) is 0 Å². The van der Waals surface area contributed by atoms with Gasteiger partial charge in [0.15, 0.2) is 0 Å². The fourth-order valence-corrected chi connectivity index (χ4v) is 9.54. The Hall–Kier alpha value is -5.02. The van der Waals surface area contributed by atoms with Gasteiger partial charge in [0.25, 0.3) is 6.71 Å². The highest BCUT2D eigenvalue weighted by Gasteiger charge is 2.45. The SMILES string of the molecule is CC(C)(C)c1ccc(N2c3ccc(C(C)(C)C)cc3B3c4cc(C(C)(C)C)ccc4N(c4ccc(C(C)(C)C)cc4)c4cc(-c5cc(C(C)(C)C)cc(C(C)(C)C)c5)cc2c43)cc1. The molecule has 326 valence electrons. The van der Waals surface area contributed by atoms with Crippen LogP contribution in [0.5, 0.6) is 0 Å². The predicted molar refractivity (Wildman–Crippen MR) is 278 cm³/mol. The van der Waals surface area contributed by atoms with Crippen molar-refractivity contribution < 1.29 is 0 Å². The molecule has 0 spiro atoms. The van der Waals surface area contributed by atoms with Crippen LogP contribution in [0.25, 0.3) is 11.1 Å². The van der Waals surface area contributed by atoms with E-state index in [0.717, 1.165) is 0 Å². The number of nitrogens with zero attached hydrogens (tertiary/aromatic N) is 2. The Bertz CT molecular complexity index is 2530. The first-order valence-corrected chi connectivity index (χ1v) is 23.5. The van der Waals surface area contributed by atoms with Crippen LogP contribution in [0.3, 0.4) is 0 Å². The Morgan fingerprint density at radius 2 is 0.587 bits per heavy atom. The summed E-state index contributed by atoms with van der Waals surface area (Å²) in [4.78, 5) is 5.18. The molecule has 0 amide bonds. The Labute approximate surface area is 382 Å². The minimum Gasteiger partial charge on any atom is -0.311 e. The molecule has 0 radical (unpaired) electrons. The molecule has 0 aliphatic carbocycles. The summed E-state index contributed by atoms with van der Waals surface area (Å²) in [6, 6.07) is 45.9. The molecule has 0 fully saturated rings. The maximum atomic E-state index is 2.59. The molecular formula is C60H73BN2. The fourth-order valence-electron chi connectivity index (χ4n) is 9.54. The summed E-state index contributed by atoms with van der Waals surface area (Å²) in [5.74, 6) is 0. The molecule has 2 aliphatic rings. The molecule has 0 aromatic heterocycles. The summed E-state index contributed by atoms with van der Waals surface area (Å²) in [6.45, 7) is 42.0. The molecule has 0 saturated heterocycles. The Kier molecular flexibility index (Phi) is 10.4. The van der Waals surface area contributed by atoms with Crippen LogP contribution in [0.1, 0.15) is 158 Å². The van der Waals surface area contributed by atoms with Crippen LogP contribution < -0.4 is 26.2 Å². The first-order chi connectivity index (χ1) is 29.0. The van der Waals surface area contributed by atoms with Crippen LogP contribution in [0, 0.1) is 0 Å². The van der Waals surface area contributed by atoms with Gasteiger partial charge < -0.3 is 9.80 Å². The number of rotatable bonds is 3. The third kappa shape index (κ3) is 8.20. The second-order valence-corrected chi connectivity index (χ2v) is 25.0. The lowest BCUT2D eigenvalue weighted by molar-refractivity contribution is 0.569. The third-order valence-electron chi connectivity index (χ3n) is 13.8. The molecule has 6 aromatic carbocycles. The van der Waals surface area contributed by atoms with E-state index in [-0.39, 0.29) is 39.2 Å². The number of benzene rings is 6. The van der Waals surface area contributed by atoms with E-state index in [0.29, 0.717) is 0 Å². The van der Waals surface area contributed by atoms with Crippen molar-refractivity contribution in [3.63, 3.8) is 0 Å². The molecule has 0 bridgehead atoms. The zero-order valence-electron chi connectivity index (χ0n) is 41.9. The van der Waals surface area contributed by atoms with Crippen molar-refractivity contribution in [2.24, 2.45) is 0 Å². The molecule has 8 rings (SSSR count). The second kappa shape index (κ2) is 14.8. The first-order valence-electron chi connectivity index (χ1n) is 23.5. The smallest absolute Gasteiger partial charge is 0.252 e. The average Bonchev–Trinajstić information content (AvgIpc) is 3.18. The monoisotopic (exact) mass is 833 g/mol. The van der Waals surface area contributed by atoms with E-state index >= 15 is 0 Å². The van der Waals surface area contributed by atoms with Gasteiger partial charge in [-0.3, -0.25) is 0 Å². The molecule has 3 heteroatoms. The minimum absolute atomic E-state index is 0.0152. The van der Waals surface area contributed by atoms with Crippen LogP contribution in [0.2, 0.25) is 0 Å². The van der Waals surface area contributed by atoms with Gasteiger partial charge >= 0.3 is 0 Å². The molecule has 0 unspecified atom stereocenters. The van der Waals surface area contributed by atoms with Gasteiger partial charge in [0.2, 0.25) is 0 Å². The minimum atomic E-state index is -0.0182. The molecular weight excluding hydrogens is 759 g/mol. The van der Waals surface area contributed by atoms with E-state index in [1.54, 1.807) is 0 Å². The van der Waals surface area contributed by atoms with E-state index < -0.39 is 0 Å². The number of anilines is 6. The number of hydrogen-bond donors (Lipinski definition) is 0. The quantitative estimate of drug-likeness (QED) is 0.164. The largest absolute Gasteiger partial charge is 0.311 e. The van der Waals surface area contributed by atoms with Crippen LogP contribution in [-0.4, -0.2) is 6.71 Å². The Morgan fingerprint density at radius 3 is 0.905 bits per heavy atom. The fraction of sp³-hybridized carbons (Fsp3) is 0.400. The molecule has 0 N–H and O–H groups in total. The molecule has 63 heavy (non-hydrogen) atoms. The van der Waals surface area contributed by atoms with Crippen molar-refractivity contribution >= 4 is 57.2 Å². The van der Waals surface area contributed by atoms with Crippen LogP contribution >= 0.6 is 0 Å². The molecule has 2 heterocycles. The van der Waals surface area contributed by atoms with Gasteiger partial charge in [-0.25, -0.2) is 0 Å². The molecule has 0 saturated carbocycles. The van der Waals surface area contributed by atoms with Crippen molar-refractivity contribution in [1.29, 1.82) is 0 Å². The molecule has 2 aliphatic heterocycles. The van der Waals surface area contributed by atoms with Gasteiger partial charge in [0.05, 0.1) is 0 Å². The van der Waals surface area contributed by atoms with Gasteiger partial charge in [0, 0.05) is 34.1 Å². The van der Waals surface area contributed by atoms with Gasteiger partial charge in [-0.1, -0.05) is 191 Å². The highest BCUT2D eigenvalue weighted by molar-refractivity contribution is 7.00. The lowest BCUT2D eigenvalue weighted by Gasteiger charge is -2.45. The molecule has 2 nitrogen and oxygen atoms in total. The first kappa shape index (κ1) is 44.6. The normalized spacial score (nSPS) is 14.4. The maximum absolute atomic E-state index is 2.59. The van der Waals surface area contributed by atoms with Crippen molar-refractivity contribution in [3.8, 4) is 11.1 Å². The third-order valence-corrected chi connectivity index (χ3v) is 13.8. The highest BCUT2D eigenvalue weighted by atomic mass is 15.2. The van der Waals surface area contributed by atoms with E-state index in [2.05, 4.69) is 250 Å². The highest BCUT2D eigenvalue weighted by Crippen LogP contribution is 2.48. The van der Waals surface area contributed by atoms with Crippen LogP contribution in [0.15, 0.2) is 115 Å². The Morgan fingerprint density at radius 1 is 0.286 bits per heavy atom. The van der Waals surface area contributed by atoms with Crippen LogP contribution in [-0.2, 0) is 32.5 Å². The van der Waals surface area contributed by atoms with Gasteiger partial charge in [-0.05, 0) is 142 Å². The summed E-state index contributed by atoms with van der Waals surface area (Å²) < 4.78 is 0. The summed E-state index contributed by atoms with van der Waals surface area (Å²) in [6.07, 6.45) is 0. The second-order valence-electron chi connectivity index (χ2n) is 25.0. The van der Waals surface area contributed by atoms with Gasteiger partial charge in [0.1, 0.15) is 0 Å². The zero-order chi connectivity index (χ0) is 46.0. The van der Waals surface area contributed by atoms with Crippen LogP contribution in [0.4, 0.5) is 34.1 Å². The number of fused-ring (bicyclic) bond motifs is 4. The standard InChI is InChI=1S/C60H73BN2/c1-55(2,3)40-19-25-46(26-20-40)62-50-29-23-42(57(7,8)9)36-48(50)61-49-37-43(58(10,11)12)24-30-51(49)63(47-27-21-41(22-28-47)56(4,5)6)53-34-39(33-52(62)54(53)61)38-31-44(59(13,14)15)35-45(32-38)60(16,17)18/h19-37H,1-18H3. The predicted octanol–water partition coefficient (Wildman–Crippen LogP) is 15.2. The summed E-state index contributed by atoms with van der Waals surface area (Å²) in [5.41, 5.74) is 22.1. The maximum Gasteiger partial charge on any atom is 0.252 e. The number of hydrogen-bond acceptors (Lipinski definition) is 2. The zero-order valence-corrected chi connectivity index (χ0v) is 41.9. The average molecular weight is 833 g/mol. The Balaban J connectivity index is 1.54. The van der Waals surface area contributed by atoms with Crippen molar-refractivity contribution in [2.45, 2.75) is 157 Å². The molecule has 0 atom stereocenters. The van der Waals surface area contributed by atoms with Crippen molar-refractivity contribution in [1.82, 2.24) is 0 Å². The topological polar surface area (TPSA) is 6.48 Å². The lowest BCUT2D eigenvalue weighted by atomic mass is 9.33. The van der Waals surface area contributed by atoms with Gasteiger partial charge in [-0.2, -0.15) is 0 Å². The van der Waals surface area contributed by atoms with E-state index in [1.165, 1.54) is 95.0 Å². The van der Waals surface area contributed by atoms with Crippen molar-refractivity contribution in [3.05, 3.63) is 149 Å². The molecule has 6 aromatic rings. The summed E-state index contributed by atoms with van der Waals surface area (Å²) in [5, 5.41) is 0.